The highest BCUT2D eigenvalue weighted by molar-refractivity contribution is 7.15. The van der Waals surface area contributed by atoms with E-state index in [0.717, 1.165) is 22.0 Å². The summed E-state index contributed by atoms with van der Waals surface area (Å²) in [4.78, 5) is 27.4. The van der Waals surface area contributed by atoms with E-state index in [4.69, 9.17) is 5.11 Å². The summed E-state index contributed by atoms with van der Waals surface area (Å²) in [6.45, 7) is 2.42. The Bertz CT molecular complexity index is 604. The highest BCUT2D eigenvalue weighted by Gasteiger charge is 2.12. The minimum atomic E-state index is -1.01. The van der Waals surface area contributed by atoms with Gasteiger partial charge < -0.3 is 10.4 Å². The first-order valence-corrected chi connectivity index (χ1v) is 7.28. The Labute approximate surface area is 117 Å². The number of nitrogens with one attached hydrogen (secondary N) is 1. The molecule has 5 nitrogen and oxygen atoms in total. The third-order valence-electron chi connectivity index (χ3n) is 2.33. The monoisotopic (exact) mass is 296 g/mol. The Hall–Kier alpha value is -1.73. The van der Waals surface area contributed by atoms with Gasteiger partial charge in [-0.05, 0) is 19.1 Å². The molecule has 2 aromatic heterocycles. The molecule has 2 aromatic rings. The molecule has 0 saturated heterocycles. The summed E-state index contributed by atoms with van der Waals surface area (Å²) in [7, 11) is 0. The fraction of sp³-hybridized carbons (Fsp3) is 0.250. The SMILES string of the molecule is Cc1csc(CCNC(=O)c2ccc(C(=O)O)s2)n1. The quantitative estimate of drug-likeness (QED) is 0.886. The van der Waals surface area contributed by atoms with E-state index in [-0.39, 0.29) is 10.8 Å². The number of carbonyl (C=O) groups excluding carboxylic acids is 1. The second-order valence-corrected chi connectivity index (χ2v) is 5.88. The number of aryl methyl sites for hydroxylation is 1. The molecule has 7 heteroatoms. The van der Waals surface area contributed by atoms with Gasteiger partial charge in [0.2, 0.25) is 0 Å². The summed E-state index contributed by atoms with van der Waals surface area (Å²) in [5.74, 6) is -1.26. The number of thiazole rings is 1. The number of hydrogen-bond donors (Lipinski definition) is 2. The van der Waals surface area contributed by atoms with E-state index in [1.54, 1.807) is 11.3 Å². The van der Waals surface area contributed by atoms with Crippen molar-refractivity contribution in [1.82, 2.24) is 10.3 Å². The molecule has 0 fully saturated rings. The Kier molecular flexibility index (Phi) is 4.28. The number of carbonyl (C=O) groups is 2. The van der Waals surface area contributed by atoms with Crippen LogP contribution in [0.15, 0.2) is 17.5 Å². The molecule has 100 valence electrons. The van der Waals surface area contributed by atoms with Crippen LogP contribution < -0.4 is 5.32 Å². The van der Waals surface area contributed by atoms with Crippen LogP contribution in [0, 0.1) is 6.92 Å². The van der Waals surface area contributed by atoms with Crippen molar-refractivity contribution in [3.05, 3.63) is 38.0 Å². The van der Waals surface area contributed by atoms with Gasteiger partial charge in [0.1, 0.15) is 4.88 Å². The van der Waals surface area contributed by atoms with Gasteiger partial charge in [-0.15, -0.1) is 22.7 Å². The predicted molar refractivity (Wildman–Crippen MR) is 74.2 cm³/mol. The molecule has 2 rings (SSSR count). The summed E-state index contributed by atoms with van der Waals surface area (Å²) >= 11 is 2.54. The van der Waals surface area contributed by atoms with Gasteiger partial charge in [-0.3, -0.25) is 4.79 Å². The molecule has 0 atom stereocenters. The number of aromatic carboxylic acids is 1. The number of carboxylic acids is 1. The van der Waals surface area contributed by atoms with Crippen LogP contribution in [-0.4, -0.2) is 28.5 Å². The van der Waals surface area contributed by atoms with Crippen molar-refractivity contribution in [2.45, 2.75) is 13.3 Å². The molecule has 0 spiro atoms. The average Bonchev–Trinajstić information content (AvgIpc) is 2.98. The molecule has 0 bridgehead atoms. The summed E-state index contributed by atoms with van der Waals surface area (Å²) in [5, 5.41) is 14.5. The minimum absolute atomic E-state index is 0.167. The Balaban J connectivity index is 1.85. The van der Waals surface area contributed by atoms with E-state index in [2.05, 4.69) is 10.3 Å². The first kappa shape index (κ1) is 13.7. The molecule has 2 heterocycles. The minimum Gasteiger partial charge on any atom is -0.477 e. The molecule has 0 radical (unpaired) electrons. The number of rotatable bonds is 5. The zero-order valence-corrected chi connectivity index (χ0v) is 11.8. The van der Waals surface area contributed by atoms with Crippen molar-refractivity contribution >= 4 is 34.6 Å². The maximum Gasteiger partial charge on any atom is 0.345 e. The lowest BCUT2D eigenvalue weighted by Crippen LogP contribution is -2.24. The lowest BCUT2D eigenvalue weighted by Gasteiger charge is -2.01. The van der Waals surface area contributed by atoms with Crippen LogP contribution in [0.4, 0.5) is 0 Å². The van der Waals surface area contributed by atoms with Crippen LogP contribution in [0.3, 0.4) is 0 Å². The number of amides is 1. The van der Waals surface area contributed by atoms with Crippen LogP contribution in [0.1, 0.15) is 30.0 Å². The number of hydrogen-bond acceptors (Lipinski definition) is 5. The molecule has 2 N–H and O–H groups in total. The first-order valence-electron chi connectivity index (χ1n) is 5.58. The van der Waals surface area contributed by atoms with Crippen molar-refractivity contribution < 1.29 is 14.7 Å². The standard InChI is InChI=1S/C12H12N2O3S2/c1-7-6-18-10(14-7)4-5-13-11(15)8-2-3-9(19-8)12(16)17/h2-3,6H,4-5H2,1H3,(H,13,15)(H,16,17). The van der Waals surface area contributed by atoms with Gasteiger partial charge in [-0.2, -0.15) is 0 Å². The smallest absolute Gasteiger partial charge is 0.345 e. The van der Waals surface area contributed by atoms with Crippen molar-refractivity contribution in [2.75, 3.05) is 6.54 Å². The van der Waals surface area contributed by atoms with Gasteiger partial charge >= 0.3 is 5.97 Å². The van der Waals surface area contributed by atoms with E-state index in [1.807, 2.05) is 12.3 Å². The largest absolute Gasteiger partial charge is 0.477 e. The molecule has 1 amide bonds. The fourth-order valence-corrected chi connectivity index (χ4v) is 3.00. The molecular formula is C12H12N2O3S2. The molecular weight excluding hydrogens is 284 g/mol. The van der Waals surface area contributed by atoms with E-state index in [9.17, 15) is 9.59 Å². The van der Waals surface area contributed by atoms with Gasteiger partial charge in [0.05, 0.1) is 9.88 Å². The zero-order valence-electron chi connectivity index (χ0n) is 10.2. The van der Waals surface area contributed by atoms with E-state index < -0.39 is 5.97 Å². The normalized spacial score (nSPS) is 10.4. The summed E-state index contributed by atoms with van der Waals surface area (Å²) in [5.41, 5.74) is 0.982. The number of nitrogens with zero attached hydrogens (tertiary/aromatic N) is 1. The van der Waals surface area contributed by atoms with E-state index in [0.29, 0.717) is 17.8 Å². The molecule has 0 aliphatic carbocycles. The number of carboxylic acid groups (broad SMARTS) is 1. The maximum absolute atomic E-state index is 11.8. The molecule has 0 saturated carbocycles. The van der Waals surface area contributed by atoms with Crippen molar-refractivity contribution in [2.24, 2.45) is 0 Å². The Morgan fingerprint density at radius 3 is 2.68 bits per heavy atom. The summed E-state index contributed by atoms with van der Waals surface area (Å²) in [6.07, 6.45) is 0.682. The third-order valence-corrected chi connectivity index (χ3v) is 4.43. The highest BCUT2D eigenvalue weighted by Crippen LogP contribution is 2.16. The van der Waals surface area contributed by atoms with Gasteiger partial charge in [-0.1, -0.05) is 0 Å². The second-order valence-electron chi connectivity index (χ2n) is 3.86. The van der Waals surface area contributed by atoms with Crippen LogP contribution in [0.2, 0.25) is 0 Å². The second kappa shape index (κ2) is 5.94. The zero-order chi connectivity index (χ0) is 13.8. The maximum atomic E-state index is 11.8. The first-order chi connectivity index (χ1) is 9.06. The number of thiophene rings is 1. The molecule has 0 aliphatic rings. The van der Waals surface area contributed by atoms with Gasteiger partial charge in [0, 0.05) is 24.0 Å². The van der Waals surface area contributed by atoms with Gasteiger partial charge in [0.15, 0.2) is 0 Å². The fourth-order valence-electron chi connectivity index (χ4n) is 1.46. The summed E-state index contributed by atoms with van der Waals surface area (Å²) < 4.78 is 0. The average molecular weight is 296 g/mol. The van der Waals surface area contributed by atoms with Crippen LogP contribution in [-0.2, 0) is 6.42 Å². The van der Waals surface area contributed by atoms with Gasteiger partial charge in [0.25, 0.3) is 5.91 Å². The van der Waals surface area contributed by atoms with E-state index in [1.165, 1.54) is 12.1 Å². The summed E-state index contributed by atoms with van der Waals surface area (Å²) in [6, 6.07) is 2.96. The highest BCUT2D eigenvalue weighted by atomic mass is 32.1. The predicted octanol–water partition coefficient (Wildman–Crippen LogP) is 2.18. The van der Waals surface area contributed by atoms with Crippen LogP contribution >= 0.6 is 22.7 Å². The number of aromatic nitrogens is 1. The van der Waals surface area contributed by atoms with Crippen LogP contribution in [0.5, 0.6) is 0 Å². The topological polar surface area (TPSA) is 79.3 Å². The molecule has 0 aliphatic heterocycles. The Morgan fingerprint density at radius 1 is 1.37 bits per heavy atom. The third kappa shape index (κ3) is 3.62. The molecule has 19 heavy (non-hydrogen) atoms. The van der Waals surface area contributed by atoms with Crippen molar-refractivity contribution in [3.63, 3.8) is 0 Å². The van der Waals surface area contributed by atoms with Crippen molar-refractivity contribution in [3.8, 4) is 0 Å². The van der Waals surface area contributed by atoms with Gasteiger partial charge in [-0.25, -0.2) is 9.78 Å². The lowest BCUT2D eigenvalue weighted by molar-refractivity contribution is 0.0702. The van der Waals surface area contributed by atoms with E-state index >= 15 is 0 Å². The van der Waals surface area contributed by atoms with Crippen LogP contribution in [0.25, 0.3) is 0 Å². The Morgan fingerprint density at radius 2 is 2.11 bits per heavy atom. The van der Waals surface area contributed by atoms with Crippen molar-refractivity contribution in [1.29, 1.82) is 0 Å². The molecule has 0 unspecified atom stereocenters. The lowest BCUT2D eigenvalue weighted by atomic mass is 10.4. The molecule has 0 aromatic carbocycles.